The highest BCUT2D eigenvalue weighted by Crippen LogP contribution is 2.32. The average molecular weight is 401 g/mol. The van der Waals surface area contributed by atoms with Crippen molar-refractivity contribution in [3.8, 4) is 6.07 Å². The van der Waals surface area contributed by atoms with Crippen molar-refractivity contribution < 1.29 is 13.2 Å². The molecule has 0 saturated carbocycles. The summed E-state index contributed by atoms with van der Waals surface area (Å²) in [6, 6.07) is 16.4. The maximum absolute atomic E-state index is 12.5. The van der Waals surface area contributed by atoms with E-state index in [-0.39, 0.29) is 14.1 Å². The summed E-state index contributed by atoms with van der Waals surface area (Å²) in [6.45, 7) is 0. The van der Waals surface area contributed by atoms with Gasteiger partial charge in [0.05, 0.1) is 21.4 Å². The lowest BCUT2D eigenvalue weighted by molar-refractivity contribution is -0.123. The number of hydrazine groups is 1. The van der Waals surface area contributed by atoms with Gasteiger partial charge in [-0.1, -0.05) is 54.3 Å². The second kappa shape index (κ2) is 7.39. The Morgan fingerprint density at radius 3 is 2.58 bits per heavy atom. The van der Waals surface area contributed by atoms with Gasteiger partial charge in [-0.05, 0) is 35.9 Å². The van der Waals surface area contributed by atoms with E-state index in [4.69, 9.17) is 17.5 Å². The molecule has 0 unspecified atom stereocenters. The van der Waals surface area contributed by atoms with E-state index in [1.807, 2.05) is 6.07 Å². The summed E-state index contributed by atoms with van der Waals surface area (Å²) in [5.41, 5.74) is 1.11. The van der Waals surface area contributed by atoms with Crippen LogP contribution in [0.25, 0.3) is 6.08 Å². The summed E-state index contributed by atoms with van der Waals surface area (Å²) in [5.74, 6) is -0.568. The fourth-order valence-corrected chi connectivity index (χ4v) is 4.50. The van der Waals surface area contributed by atoms with Gasteiger partial charge in [-0.2, -0.15) is 5.26 Å². The number of carbonyl (C=O) groups excluding carboxylic acids is 1. The Hall–Kier alpha value is -2.51. The number of benzene rings is 2. The quantitative estimate of drug-likeness (QED) is 0.626. The molecule has 0 atom stereocenters. The van der Waals surface area contributed by atoms with Crippen molar-refractivity contribution in [2.45, 2.75) is 4.90 Å². The number of thioether (sulfide) groups is 1. The van der Waals surface area contributed by atoms with Crippen LogP contribution in [0.3, 0.4) is 0 Å². The van der Waals surface area contributed by atoms with Crippen LogP contribution in [0.1, 0.15) is 11.1 Å². The van der Waals surface area contributed by atoms with Crippen molar-refractivity contribution >= 4 is 50.3 Å². The van der Waals surface area contributed by atoms with Gasteiger partial charge in [-0.25, -0.2) is 13.4 Å². The predicted molar refractivity (Wildman–Crippen MR) is 103 cm³/mol. The normalized spacial score (nSPS) is 16.1. The molecule has 0 aliphatic carbocycles. The third-order valence-corrected chi connectivity index (χ3v) is 5.99. The molecule has 2 aromatic carbocycles. The van der Waals surface area contributed by atoms with Crippen LogP contribution in [0, 0.1) is 11.3 Å². The molecule has 3 rings (SSSR count). The minimum atomic E-state index is -3.93. The Kier molecular flexibility index (Phi) is 5.20. The first-order chi connectivity index (χ1) is 12.4. The molecule has 1 amide bonds. The lowest BCUT2D eigenvalue weighted by Crippen LogP contribution is -2.44. The van der Waals surface area contributed by atoms with Crippen molar-refractivity contribution in [2.75, 3.05) is 0 Å². The molecule has 130 valence electrons. The van der Waals surface area contributed by atoms with E-state index in [0.717, 1.165) is 16.8 Å². The van der Waals surface area contributed by atoms with Gasteiger partial charge in [0.2, 0.25) is 0 Å². The van der Waals surface area contributed by atoms with Crippen LogP contribution in [0.5, 0.6) is 0 Å². The molecular formula is C17H11N3O3S3. The molecule has 2 aromatic rings. The zero-order valence-corrected chi connectivity index (χ0v) is 15.6. The molecule has 1 fully saturated rings. The SMILES string of the molecule is N#Cc1cccc(/C=C2/SC(=S)N(NS(=O)(=O)c3ccccc3)C2=O)c1. The third-order valence-electron chi connectivity index (χ3n) is 3.37. The van der Waals surface area contributed by atoms with E-state index in [0.29, 0.717) is 11.1 Å². The molecular weight excluding hydrogens is 390 g/mol. The van der Waals surface area contributed by atoms with Gasteiger partial charge in [0.1, 0.15) is 0 Å². The van der Waals surface area contributed by atoms with Crippen molar-refractivity contribution in [1.82, 2.24) is 9.84 Å². The molecule has 0 aromatic heterocycles. The van der Waals surface area contributed by atoms with Gasteiger partial charge >= 0.3 is 0 Å². The second-order valence-corrected chi connectivity index (χ2v) is 8.50. The van der Waals surface area contributed by atoms with Gasteiger partial charge < -0.3 is 0 Å². The summed E-state index contributed by atoms with van der Waals surface area (Å²) >= 11 is 6.11. The summed E-state index contributed by atoms with van der Waals surface area (Å²) in [6.07, 6.45) is 1.57. The lowest BCUT2D eigenvalue weighted by Gasteiger charge is -2.15. The maximum atomic E-state index is 12.5. The van der Waals surface area contributed by atoms with E-state index in [9.17, 15) is 13.2 Å². The van der Waals surface area contributed by atoms with E-state index in [1.165, 1.54) is 12.1 Å². The van der Waals surface area contributed by atoms with Gasteiger partial charge in [0.25, 0.3) is 15.9 Å². The molecule has 1 aliphatic heterocycles. The van der Waals surface area contributed by atoms with Crippen molar-refractivity contribution in [3.05, 3.63) is 70.6 Å². The molecule has 26 heavy (non-hydrogen) atoms. The smallest absolute Gasteiger partial charge is 0.267 e. The molecule has 0 spiro atoms. The van der Waals surface area contributed by atoms with Crippen LogP contribution in [-0.4, -0.2) is 23.7 Å². The standard InChI is InChI=1S/C17H11N3O3S3/c18-11-13-6-4-5-12(9-13)10-15-16(21)20(17(24)25-15)19-26(22,23)14-7-2-1-3-8-14/h1-10,19H/b15-10+. The minimum absolute atomic E-state index is 0.0275. The van der Waals surface area contributed by atoms with Crippen LogP contribution >= 0.6 is 24.0 Å². The van der Waals surface area contributed by atoms with Gasteiger partial charge in [-0.15, -0.1) is 4.83 Å². The fraction of sp³-hybridized carbons (Fsp3) is 0. The highest BCUT2D eigenvalue weighted by molar-refractivity contribution is 8.26. The first kappa shape index (κ1) is 18.3. The third kappa shape index (κ3) is 3.84. The summed E-state index contributed by atoms with van der Waals surface area (Å²) in [5, 5.41) is 9.78. The van der Waals surface area contributed by atoms with Crippen molar-refractivity contribution in [1.29, 1.82) is 5.26 Å². The first-order valence-corrected chi connectivity index (χ1v) is 9.97. The predicted octanol–water partition coefficient (Wildman–Crippen LogP) is 2.65. The number of carbonyl (C=O) groups is 1. The second-order valence-electron chi connectivity index (χ2n) is 5.16. The van der Waals surface area contributed by atoms with Crippen molar-refractivity contribution in [3.63, 3.8) is 0 Å². The first-order valence-electron chi connectivity index (χ1n) is 7.26. The molecule has 1 aliphatic rings. The summed E-state index contributed by atoms with van der Waals surface area (Å²) in [7, 11) is -3.93. The number of rotatable bonds is 4. The van der Waals surface area contributed by atoms with Gasteiger partial charge in [-0.3, -0.25) is 4.79 Å². The number of amides is 1. The Labute approximate surface area is 160 Å². The number of nitrogens with zero attached hydrogens (tertiary/aromatic N) is 2. The number of hydrogen-bond donors (Lipinski definition) is 1. The molecule has 0 radical (unpaired) electrons. The highest BCUT2D eigenvalue weighted by atomic mass is 32.2. The molecule has 1 N–H and O–H groups in total. The van der Waals surface area contributed by atoms with E-state index in [2.05, 4.69) is 4.83 Å². The van der Waals surface area contributed by atoms with Crippen molar-refractivity contribution in [2.24, 2.45) is 0 Å². The summed E-state index contributed by atoms with van der Waals surface area (Å²) < 4.78 is 24.9. The number of sulfonamides is 1. The lowest BCUT2D eigenvalue weighted by atomic mass is 10.1. The van der Waals surface area contributed by atoms with Crippen LogP contribution in [-0.2, 0) is 14.8 Å². The zero-order valence-electron chi connectivity index (χ0n) is 13.1. The number of nitriles is 1. The zero-order chi connectivity index (χ0) is 18.7. The van der Waals surface area contributed by atoms with E-state index >= 15 is 0 Å². The highest BCUT2D eigenvalue weighted by Gasteiger charge is 2.35. The van der Waals surface area contributed by atoms with E-state index < -0.39 is 15.9 Å². The Balaban J connectivity index is 1.85. The van der Waals surface area contributed by atoms with Crippen LogP contribution in [0.2, 0.25) is 0 Å². The van der Waals surface area contributed by atoms with Gasteiger partial charge in [0.15, 0.2) is 4.32 Å². The Morgan fingerprint density at radius 1 is 1.15 bits per heavy atom. The monoisotopic (exact) mass is 401 g/mol. The van der Waals surface area contributed by atoms with Gasteiger partial charge in [0, 0.05) is 0 Å². The molecule has 1 saturated heterocycles. The Bertz CT molecular complexity index is 1060. The molecule has 0 bridgehead atoms. The fourth-order valence-electron chi connectivity index (χ4n) is 2.17. The van der Waals surface area contributed by atoms with Crippen LogP contribution in [0.4, 0.5) is 0 Å². The minimum Gasteiger partial charge on any atom is -0.267 e. The average Bonchev–Trinajstić information content (AvgIpc) is 2.90. The molecule has 6 nitrogen and oxygen atoms in total. The topological polar surface area (TPSA) is 90.3 Å². The number of nitrogens with one attached hydrogen (secondary N) is 1. The number of thiocarbonyl (C=S) groups is 1. The summed E-state index contributed by atoms with van der Waals surface area (Å²) in [4.78, 5) is 15.0. The Morgan fingerprint density at radius 2 is 1.88 bits per heavy atom. The molecule has 1 heterocycles. The maximum Gasteiger partial charge on any atom is 0.281 e. The van der Waals surface area contributed by atoms with Crippen LogP contribution < -0.4 is 4.83 Å². The van der Waals surface area contributed by atoms with Crippen LogP contribution in [0.15, 0.2) is 64.4 Å². The van der Waals surface area contributed by atoms with E-state index in [1.54, 1.807) is 48.5 Å². The number of hydrogen-bond acceptors (Lipinski definition) is 6. The largest absolute Gasteiger partial charge is 0.281 e. The molecule has 9 heteroatoms.